The van der Waals surface area contributed by atoms with E-state index < -0.39 is 18.6 Å². The number of nitrogens with one attached hydrogen (secondary N) is 1. The first-order valence-corrected chi connectivity index (χ1v) is 4.89. The highest BCUT2D eigenvalue weighted by Crippen LogP contribution is 2.18. The Balaban J connectivity index is 2.58. The molecule has 0 bridgehead atoms. The number of aryl methyl sites for hydroxylation is 1. The minimum absolute atomic E-state index is 0.451. The number of carboxylic acids is 1. The van der Waals surface area contributed by atoms with Crippen LogP contribution in [0.3, 0.4) is 0 Å². The fraction of sp³-hybridized carbons (Fsp3) is 0.273. The van der Waals surface area contributed by atoms with Crippen molar-refractivity contribution in [2.75, 3.05) is 6.54 Å². The van der Waals surface area contributed by atoms with Crippen LogP contribution in [0.15, 0.2) is 24.3 Å². The maximum Gasteiger partial charge on any atom is 0.413 e. The summed E-state index contributed by atoms with van der Waals surface area (Å²) in [7, 11) is 0. The van der Waals surface area contributed by atoms with Gasteiger partial charge in [0.1, 0.15) is 12.3 Å². The molecule has 1 rings (SSSR count). The van der Waals surface area contributed by atoms with Crippen molar-refractivity contribution in [1.29, 1.82) is 0 Å². The number of carboxylic acid groups (broad SMARTS) is 1. The molecule has 0 saturated carbocycles. The molecule has 0 aliphatic rings. The van der Waals surface area contributed by atoms with Crippen molar-refractivity contribution in [1.82, 2.24) is 5.32 Å². The molecule has 1 aromatic carbocycles. The van der Waals surface area contributed by atoms with Gasteiger partial charge in [0, 0.05) is 0 Å². The van der Waals surface area contributed by atoms with Crippen molar-refractivity contribution in [3.8, 4) is 5.75 Å². The summed E-state index contributed by atoms with van der Waals surface area (Å²) in [6.07, 6.45) is -0.0224. The highest BCUT2D eigenvalue weighted by atomic mass is 16.6. The molecule has 16 heavy (non-hydrogen) atoms. The number of para-hydroxylation sites is 1. The monoisotopic (exact) mass is 223 g/mol. The molecule has 0 fully saturated rings. The van der Waals surface area contributed by atoms with Crippen LogP contribution in [0.5, 0.6) is 5.75 Å². The molecular weight excluding hydrogens is 210 g/mol. The summed E-state index contributed by atoms with van der Waals surface area (Å²) in [5.41, 5.74) is 0.896. The van der Waals surface area contributed by atoms with Crippen LogP contribution in [0.4, 0.5) is 4.79 Å². The Morgan fingerprint density at radius 1 is 1.38 bits per heavy atom. The van der Waals surface area contributed by atoms with Crippen molar-refractivity contribution in [3.05, 3.63) is 29.8 Å². The van der Waals surface area contributed by atoms with Gasteiger partial charge in [-0.15, -0.1) is 0 Å². The van der Waals surface area contributed by atoms with Crippen LogP contribution in [0.1, 0.15) is 12.5 Å². The minimum Gasteiger partial charge on any atom is -0.480 e. The number of benzene rings is 1. The number of carbonyl (C=O) groups is 2. The first kappa shape index (κ1) is 12.0. The molecule has 0 atom stereocenters. The molecule has 2 N–H and O–H groups in total. The highest BCUT2D eigenvalue weighted by molar-refractivity contribution is 5.77. The Labute approximate surface area is 93.0 Å². The number of aliphatic carboxylic acids is 1. The molecule has 0 saturated heterocycles. The van der Waals surface area contributed by atoms with E-state index in [0.717, 1.165) is 12.0 Å². The van der Waals surface area contributed by atoms with Gasteiger partial charge >= 0.3 is 12.1 Å². The predicted molar refractivity (Wildman–Crippen MR) is 57.5 cm³/mol. The fourth-order valence-electron chi connectivity index (χ4n) is 1.18. The van der Waals surface area contributed by atoms with Crippen molar-refractivity contribution in [3.63, 3.8) is 0 Å². The zero-order chi connectivity index (χ0) is 12.0. The van der Waals surface area contributed by atoms with Gasteiger partial charge < -0.3 is 15.2 Å². The molecule has 86 valence electrons. The van der Waals surface area contributed by atoms with Crippen LogP contribution in [0, 0.1) is 0 Å². The molecule has 5 nitrogen and oxygen atoms in total. The molecular formula is C11H13NO4. The van der Waals surface area contributed by atoms with Gasteiger partial charge in [-0.05, 0) is 18.1 Å². The van der Waals surface area contributed by atoms with E-state index in [4.69, 9.17) is 9.84 Å². The van der Waals surface area contributed by atoms with Gasteiger partial charge in [0.2, 0.25) is 0 Å². The van der Waals surface area contributed by atoms with Crippen LogP contribution in [-0.4, -0.2) is 23.7 Å². The topological polar surface area (TPSA) is 75.6 Å². The summed E-state index contributed by atoms with van der Waals surface area (Å²) < 4.78 is 4.97. The maximum atomic E-state index is 11.2. The van der Waals surface area contributed by atoms with Crippen molar-refractivity contribution < 1.29 is 19.4 Å². The predicted octanol–water partition coefficient (Wildman–Crippen LogP) is 1.42. The Kier molecular flexibility index (Phi) is 4.32. The van der Waals surface area contributed by atoms with Gasteiger partial charge in [-0.25, -0.2) is 4.79 Å². The van der Waals surface area contributed by atoms with E-state index in [1.54, 1.807) is 12.1 Å². The zero-order valence-corrected chi connectivity index (χ0v) is 8.90. The number of amides is 1. The average molecular weight is 223 g/mol. The molecule has 0 aromatic heterocycles. The first-order chi connectivity index (χ1) is 7.63. The summed E-state index contributed by atoms with van der Waals surface area (Å²) in [6, 6.07) is 7.11. The molecule has 0 heterocycles. The number of hydrogen-bond acceptors (Lipinski definition) is 3. The van der Waals surface area contributed by atoms with Crippen LogP contribution in [-0.2, 0) is 11.2 Å². The van der Waals surface area contributed by atoms with E-state index in [0.29, 0.717) is 5.75 Å². The normalized spacial score (nSPS) is 9.56. The third-order valence-corrected chi connectivity index (χ3v) is 1.94. The molecule has 0 radical (unpaired) electrons. The third-order valence-electron chi connectivity index (χ3n) is 1.94. The van der Waals surface area contributed by atoms with E-state index in [-0.39, 0.29) is 0 Å². The smallest absolute Gasteiger partial charge is 0.413 e. The van der Waals surface area contributed by atoms with E-state index in [2.05, 4.69) is 5.32 Å². The summed E-state index contributed by atoms with van der Waals surface area (Å²) in [4.78, 5) is 21.4. The SMILES string of the molecule is CCc1ccccc1OC(=O)NCC(=O)O. The molecule has 0 aliphatic carbocycles. The number of hydrogen-bond donors (Lipinski definition) is 2. The maximum absolute atomic E-state index is 11.2. The van der Waals surface area contributed by atoms with Crippen molar-refractivity contribution in [2.45, 2.75) is 13.3 Å². The lowest BCUT2D eigenvalue weighted by molar-refractivity contribution is -0.135. The lowest BCUT2D eigenvalue weighted by Crippen LogP contribution is -2.31. The summed E-state index contributed by atoms with van der Waals surface area (Å²) in [6.45, 7) is 1.49. The molecule has 0 aliphatic heterocycles. The Hall–Kier alpha value is -2.04. The molecule has 1 amide bonds. The molecule has 1 aromatic rings. The second kappa shape index (κ2) is 5.75. The van der Waals surface area contributed by atoms with Gasteiger partial charge in [-0.3, -0.25) is 4.79 Å². The summed E-state index contributed by atoms with van der Waals surface area (Å²) in [5.74, 6) is -0.659. The average Bonchev–Trinajstić information content (AvgIpc) is 2.27. The third kappa shape index (κ3) is 3.61. The van der Waals surface area contributed by atoms with Crippen LogP contribution < -0.4 is 10.1 Å². The minimum atomic E-state index is -1.11. The Morgan fingerprint density at radius 2 is 2.06 bits per heavy atom. The van der Waals surface area contributed by atoms with E-state index in [1.807, 2.05) is 19.1 Å². The first-order valence-electron chi connectivity index (χ1n) is 4.89. The Morgan fingerprint density at radius 3 is 2.69 bits per heavy atom. The summed E-state index contributed by atoms with van der Waals surface area (Å²) in [5, 5.41) is 10.5. The quantitative estimate of drug-likeness (QED) is 0.809. The standard InChI is InChI=1S/C11H13NO4/c1-2-8-5-3-4-6-9(8)16-11(15)12-7-10(13)14/h3-6H,2,7H2,1H3,(H,12,15)(H,13,14). The van der Waals surface area contributed by atoms with Gasteiger partial charge in [0.25, 0.3) is 0 Å². The lowest BCUT2D eigenvalue weighted by Gasteiger charge is -2.08. The number of carbonyl (C=O) groups excluding carboxylic acids is 1. The zero-order valence-electron chi connectivity index (χ0n) is 8.90. The molecule has 0 unspecified atom stereocenters. The van der Waals surface area contributed by atoms with E-state index in [1.165, 1.54) is 0 Å². The van der Waals surface area contributed by atoms with E-state index in [9.17, 15) is 9.59 Å². The number of ether oxygens (including phenoxy) is 1. The van der Waals surface area contributed by atoms with Crippen molar-refractivity contribution in [2.24, 2.45) is 0 Å². The lowest BCUT2D eigenvalue weighted by atomic mass is 10.1. The van der Waals surface area contributed by atoms with Gasteiger partial charge in [0.15, 0.2) is 0 Å². The van der Waals surface area contributed by atoms with Crippen LogP contribution >= 0.6 is 0 Å². The Bertz CT molecular complexity index is 389. The van der Waals surface area contributed by atoms with Crippen LogP contribution in [0.25, 0.3) is 0 Å². The molecule has 5 heteroatoms. The highest BCUT2D eigenvalue weighted by Gasteiger charge is 2.08. The second-order valence-electron chi connectivity index (χ2n) is 3.10. The molecule has 0 spiro atoms. The largest absolute Gasteiger partial charge is 0.480 e. The van der Waals surface area contributed by atoms with Crippen LogP contribution in [0.2, 0.25) is 0 Å². The fourth-order valence-corrected chi connectivity index (χ4v) is 1.18. The van der Waals surface area contributed by atoms with E-state index >= 15 is 0 Å². The summed E-state index contributed by atoms with van der Waals surface area (Å²) >= 11 is 0. The van der Waals surface area contributed by atoms with Gasteiger partial charge in [0.05, 0.1) is 0 Å². The number of rotatable bonds is 4. The van der Waals surface area contributed by atoms with Crippen molar-refractivity contribution >= 4 is 12.1 Å². The van der Waals surface area contributed by atoms with Gasteiger partial charge in [-0.1, -0.05) is 25.1 Å². The second-order valence-corrected chi connectivity index (χ2v) is 3.10. The van der Waals surface area contributed by atoms with Gasteiger partial charge in [-0.2, -0.15) is 0 Å².